The van der Waals surface area contributed by atoms with Gasteiger partial charge in [0.15, 0.2) is 5.78 Å². The van der Waals surface area contributed by atoms with Gasteiger partial charge in [-0.1, -0.05) is 36.4 Å². The summed E-state index contributed by atoms with van der Waals surface area (Å²) in [5, 5.41) is 18.8. The molecule has 1 fully saturated rings. The molecule has 6 nitrogen and oxygen atoms in total. The van der Waals surface area contributed by atoms with Crippen LogP contribution < -0.4 is 0 Å². The zero-order valence-electron chi connectivity index (χ0n) is 11.6. The predicted molar refractivity (Wildman–Crippen MR) is 76.0 cm³/mol. The molecule has 1 saturated heterocycles. The van der Waals surface area contributed by atoms with Crippen LogP contribution in [0.1, 0.15) is 5.56 Å². The van der Waals surface area contributed by atoms with Gasteiger partial charge in [-0.15, -0.1) is 0 Å². The van der Waals surface area contributed by atoms with E-state index in [4.69, 9.17) is 0 Å². The standard InChI is InChI=1S/C16H15NO5/c18-11-7-6-10-12(15(19)20)13(16(21)22)14(11)17(10)8-9-4-2-1-3-5-9/h1-7,10,12-14H,8H2,(H,19,20)(H,21,22)/t10-,12+,13+,14-/m1/s1. The van der Waals surface area contributed by atoms with Gasteiger partial charge in [0.05, 0.1) is 17.9 Å². The van der Waals surface area contributed by atoms with E-state index in [0.717, 1.165) is 5.56 Å². The van der Waals surface area contributed by atoms with E-state index in [-0.39, 0.29) is 5.78 Å². The molecule has 4 atom stereocenters. The van der Waals surface area contributed by atoms with E-state index >= 15 is 0 Å². The lowest BCUT2D eigenvalue weighted by Gasteiger charge is -2.31. The van der Waals surface area contributed by atoms with Gasteiger partial charge in [-0.05, 0) is 11.6 Å². The van der Waals surface area contributed by atoms with Crippen LogP contribution in [0.3, 0.4) is 0 Å². The normalized spacial score (nSPS) is 30.5. The number of carboxylic acids is 2. The molecule has 1 aromatic carbocycles. The second kappa shape index (κ2) is 5.38. The maximum atomic E-state index is 12.2. The zero-order valence-corrected chi connectivity index (χ0v) is 11.6. The van der Waals surface area contributed by atoms with E-state index in [1.165, 1.54) is 12.2 Å². The lowest BCUT2D eigenvalue weighted by atomic mass is 9.88. The first kappa shape index (κ1) is 14.5. The van der Waals surface area contributed by atoms with Crippen LogP contribution in [-0.4, -0.2) is 44.9 Å². The average molecular weight is 301 g/mol. The highest BCUT2D eigenvalue weighted by Gasteiger charge is 2.58. The van der Waals surface area contributed by atoms with Crippen LogP contribution in [0.25, 0.3) is 0 Å². The first-order chi connectivity index (χ1) is 10.5. The van der Waals surface area contributed by atoms with E-state index in [2.05, 4.69) is 0 Å². The van der Waals surface area contributed by atoms with E-state index < -0.39 is 35.9 Å². The van der Waals surface area contributed by atoms with Gasteiger partial charge < -0.3 is 10.2 Å². The van der Waals surface area contributed by atoms with Crippen molar-refractivity contribution in [2.45, 2.75) is 18.6 Å². The highest BCUT2D eigenvalue weighted by Crippen LogP contribution is 2.41. The summed E-state index contributed by atoms with van der Waals surface area (Å²) in [5.41, 5.74) is 0.913. The van der Waals surface area contributed by atoms with Crippen molar-refractivity contribution >= 4 is 17.7 Å². The fourth-order valence-corrected chi connectivity index (χ4v) is 3.46. The molecular weight excluding hydrogens is 286 g/mol. The van der Waals surface area contributed by atoms with Crippen LogP contribution in [-0.2, 0) is 20.9 Å². The van der Waals surface area contributed by atoms with Gasteiger partial charge in [-0.3, -0.25) is 19.3 Å². The van der Waals surface area contributed by atoms with Crippen LogP contribution in [0.5, 0.6) is 0 Å². The molecule has 2 N–H and O–H groups in total. The van der Waals surface area contributed by atoms with Gasteiger partial charge in [-0.25, -0.2) is 0 Å². The molecule has 0 spiro atoms. The molecule has 0 saturated carbocycles. The van der Waals surface area contributed by atoms with Crippen molar-refractivity contribution in [3.05, 3.63) is 48.0 Å². The molecule has 0 radical (unpaired) electrons. The Morgan fingerprint density at radius 3 is 2.27 bits per heavy atom. The topological polar surface area (TPSA) is 94.9 Å². The summed E-state index contributed by atoms with van der Waals surface area (Å²) in [7, 11) is 0. The van der Waals surface area contributed by atoms with Crippen molar-refractivity contribution in [1.82, 2.24) is 4.90 Å². The Hall–Kier alpha value is -2.47. The SMILES string of the molecule is O=C(O)[C@@H]1[C@H](C(=O)O)[C@H]2C(=O)C=C[C@H]1N2Cc1ccccc1. The second-order valence-corrected chi connectivity index (χ2v) is 5.58. The smallest absolute Gasteiger partial charge is 0.309 e. The van der Waals surface area contributed by atoms with Gasteiger partial charge in [0, 0.05) is 12.6 Å². The van der Waals surface area contributed by atoms with Crippen LogP contribution in [0, 0.1) is 11.8 Å². The van der Waals surface area contributed by atoms with Crippen LogP contribution in [0.2, 0.25) is 0 Å². The number of rotatable bonds is 4. The maximum Gasteiger partial charge on any atom is 0.309 e. The van der Waals surface area contributed by atoms with E-state index in [1.54, 1.807) is 4.90 Å². The highest BCUT2D eigenvalue weighted by atomic mass is 16.4. The lowest BCUT2D eigenvalue weighted by molar-refractivity contribution is -0.153. The minimum atomic E-state index is -1.24. The summed E-state index contributed by atoms with van der Waals surface area (Å²) >= 11 is 0. The molecule has 0 aromatic heterocycles. The third-order valence-electron chi connectivity index (χ3n) is 4.36. The molecule has 2 aliphatic rings. The molecule has 6 heteroatoms. The number of hydrogen-bond donors (Lipinski definition) is 2. The van der Waals surface area contributed by atoms with Crippen molar-refractivity contribution in [3.63, 3.8) is 0 Å². The van der Waals surface area contributed by atoms with Crippen molar-refractivity contribution in [1.29, 1.82) is 0 Å². The fraction of sp³-hybridized carbons (Fsp3) is 0.312. The third kappa shape index (κ3) is 2.21. The Balaban J connectivity index is 2.00. The fourth-order valence-electron chi connectivity index (χ4n) is 3.46. The molecule has 1 aromatic rings. The molecule has 114 valence electrons. The van der Waals surface area contributed by atoms with E-state index in [0.29, 0.717) is 6.54 Å². The number of benzene rings is 1. The molecular formula is C16H15NO5. The minimum absolute atomic E-state index is 0.344. The molecule has 0 aliphatic carbocycles. The molecule has 22 heavy (non-hydrogen) atoms. The summed E-state index contributed by atoms with van der Waals surface area (Å²) in [6.07, 6.45) is 2.83. The molecule has 2 heterocycles. The number of aliphatic carboxylic acids is 2. The summed E-state index contributed by atoms with van der Waals surface area (Å²) in [4.78, 5) is 36.9. The zero-order chi connectivity index (χ0) is 15.9. The Bertz CT molecular complexity index is 654. The van der Waals surface area contributed by atoms with Crippen LogP contribution in [0.4, 0.5) is 0 Å². The van der Waals surface area contributed by atoms with Crippen molar-refractivity contribution in [2.75, 3.05) is 0 Å². The van der Waals surface area contributed by atoms with Gasteiger partial charge in [0.1, 0.15) is 0 Å². The Kier molecular flexibility index (Phi) is 3.54. The van der Waals surface area contributed by atoms with Crippen molar-refractivity contribution in [3.8, 4) is 0 Å². The summed E-state index contributed by atoms with van der Waals surface area (Å²) in [6.45, 7) is 0.347. The monoisotopic (exact) mass is 301 g/mol. The lowest BCUT2D eigenvalue weighted by Crippen LogP contribution is -2.45. The quantitative estimate of drug-likeness (QED) is 0.853. The predicted octanol–water partition coefficient (Wildman–Crippen LogP) is 0.780. The first-order valence-electron chi connectivity index (χ1n) is 6.98. The minimum Gasteiger partial charge on any atom is -0.481 e. The number of carbonyl (C=O) groups excluding carboxylic acids is 1. The number of nitrogens with zero attached hydrogens (tertiary/aromatic N) is 1. The number of ketones is 1. The van der Waals surface area contributed by atoms with E-state index in [1.807, 2.05) is 30.3 Å². The summed E-state index contributed by atoms with van der Waals surface area (Å²) < 4.78 is 0. The molecule has 0 unspecified atom stereocenters. The van der Waals surface area contributed by atoms with Gasteiger partial charge >= 0.3 is 11.9 Å². The largest absolute Gasteiger partial charge is 0.481 e. The van der Waals surface area contributed by atoms with Crippen LogP contribution >= 0.6 is 0 Å². The highest BCUT2D eigenvalue weighted by molar-refractivity contribution is 6.01. The number of carbonyl (C=O) groups is 3. The molecule has 2 bridgehead atoms. The molecule has 2 aliphatic heterocycles. The van der Waals surface area contributed by atoms with Gasteiger partial charge in [-0.2, -0.15) is 0 Å². The Labute approximate surface area is 126 Å². The average Bonchev–Trinajstić information content (AvgIpc) is 2.71. The maximum absolute atomic E-state index is 12.2. The third-order valence-corrected chi connectivity index (χ3v) is 4.36. The molecule has 3 rings (SSSR count). The van der Waals surface area contributed by atoms with E-state index in [9.17, 15) is 24.6 Å². The van der Waals surface area contributed by atoms with Crippen molar-refractivity contribution in [2.24, 2.45) is 11.8 Å². The number of fused-ring (bicyclic) bond motifs is 2. The molecule has 0 amide bonds. The van der Waals surface area contributed by atoms with Gasteiger partial charge in [0.25, 0.3) is 0 Å². The van der Waals surface area contributed by atoms with Gasteiger partial charge in [0.2, 0.25) is 0 Å². The number of carboxylic acid groups (broad SMARTS) is 2. The first-order valence-corrected chi connectivity index (χ1v) is 6.98. The second-order valence-electron chi connectivity index (χ2n) is 5.58. The van der Waals surface area contributed by atoms with Crippen molar-refractivity contribution < 1.29 is 24.6 Å². The summed E-state index contributed by atoms with van der Waals surface area (Å²) in [6, 6.07) is 7.79. The Morgan fingerprint density at radius 2 is 1.68 bits per heavy atom. The number of hydrogen-bond acceptors (Lipinski definition) is 4. The van der Waals surface area contributed by atoms with Crippen LogP contribution in [0.15, 0.2) is 42.5 Å². The summed E-state index contributed by atoms with van der Waals surface area (Å²) in [5.74, 6) is -5.11. The Morgan fingerprint density at radius 1 is 1.05 bits per heavy atom.